The van der Waals surface area contributed by atoms with E-state index in [-0.39, 0.29) is 11.5 Å². The summed E-state index contributed by atoms with van der Waals surface area (Å²) in [5.41, 5.74) is -0.835. The number of esters is 1. The highest BCUT2D eigenvalue weighted by Crippen LogP contribution is 2.31. The number of carbonyl (C=O) groups is 1. The minimum atomic E-state index is -1.13. The van der Waals surface area contributed by atoms with Crippen LogP contribution in [0.4, 0.5) is 8.78 Å². The molecule has 116 valence electrons. The molecule has 1 aromatic rings. The van der Waals surface area contributed by atoms with E-state index >= 15 is 0 Å². The Morgan fingerprint density at radius 1 is 0.900 bits per heavy atom. The standard InChI is InChI=1S/C10H10F2O4.2C2H6/c1-14-5-4-6(15-2)9(12)7(8(5)11)10(13)16-3;2*1-2/h4H,1-3H3;2*1-2H3. The number of hydrogen-bond donors (Lipinski definition) is 0. The van der Waals surface area contributed by atoms with E-state index in [1.807, 2.05) is 27.7 Å². The lowest BCUT2D eigenvalue weighted by atomic mass is 10.1. The molecule has 0 aliphatic heterocycles. The normalized spacial score (nSPS) is 8.45. The number of benzene rings is 1. The third-order valence-electron chi connectivity index (χ3n) is 1.96. The molecule has 0 aliphatic carbocycles. The Balaban J connectivity index is 0. The molecule has 0 saturated heterocycles. The second-order valence-corrected chi connectivity index (χ2v) is 2.78. The fraction of sp³-hybridized carbons (Fsp3) is 0.500. The van der Waals surface area contributed by atoms with Crippen LogP contribution in [-0.2, 0) is 4.74 Å². The molecule has 0 atom stereocenters. The van der Waals surface area contributed by atoms with Crippen molar-refractivity contribution in [3.05, 3.63) is 23.3 Å². The van der Waals surface area contributed by atoms with Crippen LogP contribution in [-0.4, -0.2) is 27.3 Å². The summed E-state index contributed by atoms with van der Waals surface area (Å²) in [6, 6.07) is 1.01. The molecule has 0 radical (unpaired) electrons. The van der Waals surface area contributed by atoms with Gasteiger partial charge in [0.15, 0.2) is 23.1 Å². The Bertz CT molecular complexity index is 392. The molecule has 0 heterocycles. The summed E-state index contributed by atoms with van der Waals surface area (Å²) in [4.78, 5) is 11.2. The second kappa shape index (κ2) is 11.0. The van der Waals surface area contributed by atoms with Crippen LogP contribution in [0.1, 0.15) is 38.1 Å². The van der Waals surface area contributed by atoms with Crippen molar-refractivity contribution in [2.75, 3.05) is 21.3 Å². The molecule has 0 bridgehead atoms. The van der Waals surface area contributed by atoms with Crippen LogP contribution in [0.5, 0.6) is 11.5 Å². The third-order valence-corrected chi connectivity index (χ3v) is 1.96. The number of halogens is 2. The summed E-state index contributed by atoms with van der Waals surface area (Å²) < 4.78 is 40.7. The lowest BCUT2D eigenvalue weighted by Gasteiger charge is -2.10. The monoisotopic (exact) mass is 292 g/mol. The molecule has 0 saturated carbocycles. The number of carbonyl (C=O) groups excluding carboxylic acids is 1. The largest absolute Gasteiger partial charge is 0.494 e. The lowest BCUT2D eigenvalue weighted by molar-refractivity contribution is 0.0587. The fourth-order valence-corrected chi connectivity index (χ4v) is 1.17. The van der Waals surface area contributed by atoms with Crippen molar-refractivity contribution < 1.29 is 27.8 Å². The van der Waals surface area contributed by atoms with Crippen LogP contribution in [0, 0.1) is 11.6 Å². The average Bonchev–Trinajstić information content (AvgIpc) is 2.51. The van der Waals surface area contributed by atoms with Gasteiger partial charge in [0.1, 0.15) is 5.56 Å². The van der Waals surface area contributed by atoms with Gasteiger partial charge in [-0.15, -0.1) is 0 Å². The molecule has 0 aromatic heterocycles. The maximum atomic E-state index is 13.6. The van der Waals surface area contributed by atoms with E-state index in [0.29, 0.717) is 0 Å². The molecule has 6 heteroatoms. The molecule has 0 N–H and O–H groups in total. The summed E-state index contributed by atoms with van der Waals surface area (Å²) in [6.07, 6.45) is 0. The van der Waals surface area contributed by atoms with Crippen molar-refractivity contribution in [3.63, 3.8) is 0 Å². The van der Waals surface area contributed by atoms with Crippen LogP contribution in [0.3, 0.4) is 0 Å². The van der Waals surface area contributed by atoms with Gasteiger partial charge in [-0.1, -0.05) is 27.7 Å². The van der Waals surface area contributed by atoms with Gasteiger partial charge in [0.05, 0.1) is 21.3 Å². The van der Waals surface area contributed by atoms with E-state index in [9.17, 15) is 13.6 Å². The molecular formula is C14H22F2O4. The highest BCUT2D eigenvalue weighted by molar-refractivity contribution is 5.91. The molecule has 1 rings (SSSR count). The predicted octanol–water partition coefficient (Wildman–Crippen LogP) is 3.82. The molecule has 0 amide bonds. The van der Waals surface area contributed by atoms with Gasteiger partial charge >= 0.3 is 5.97 Å². The Morgan fingerprint density at radius 3 is 1.50 bits per heavy atom. The highest BCUT2D eigenvalue weighted by Gasteiger charge is 2.25. The summed E-state index contributed by atoms with van der Waals surface area (Å²) >= 11 is 0. The molecule has 20 heavy (non-hydrogen) atoms. The van der Waals surface area contributed by atoms with Gasteiger partial charge in [0.2, 0.25) is 0 Å². The maximum absolute atomic E-state index is 13.6. The zero-order valence-corrected chi connectivity index (χ0v) is 13.0. The van der Waals surface area contributed by atoms with Crippen LogP contribution >= 0.6 is 0 Å². The fourth-order valence-electron chi connectivity index (χ4n) is 1.17. The van der Waals surface area contributed by atoms with E-state index in [1.165, 1.54) is 14.2 Å². The van der Waals surface area contributed by atoms with E-state index < -0.39 is 23.2 Å². The number of methoxy groups -OCH3 is 3. The Labute approximate surface area is 118 Å². The zero-order chi connectivity index (χ0) is 16.3. The third kappa shape index (κ3) is 4.68. The highest BCUT2D eigenvalue weighted by atomic mass is 19.1. The smallest absolute Gasteiger partial charge is 0.344 e. The molecule has 4 nitrogen and oxygen atoms in total. The van der Waals surface area contributed by atoms with Crippen molar-refractivity contribution in [2.45, 2.75) is 27.7 Å². The minimum Gasteiger partial charge on any atom is -0.494 e. The van der Waals surface area contributed by atoms with Gasteiger partial charge in [-0.05, 0) is 0 Å². The van der Waals surface area contributed by atoms with Crippen molar-refractivity contribution in [1.29, 1.82) is 0 Å². The topological polar surface area (TPSA) is 44.8 Å². The quantitative estimate of drug-likeness (QED) is 0.794. The Kier molecular flexibility index (Phi) is 11.3. The first-order valence-electron chi connectivity index (χ1n) is 6.25. The average molecular weight is 292 g/mol. The number of rotatable bonds is 3. The molecule has 0 unspecified atom stereocenters. The minimum absolute atomic E-state index is 0.293. The molecule has 0 aliphatic rings. The van der Waals surface area contributed by atoms with E-state index in [2.05, 4.69) is 14.2 Å². The maximum Gasteiger partial charge on any atom is 0.344 e. The van der Waals surface area contributed by atoms with Gasteiger partial charge in [-0.25, -0.2) is 13.6 Å². The molecule has 0 spiro atoms. The van der Waals surface area contributed by atoms with E-state index in [0.717, 1.165) is 13.2 Å². The lowest BCUT2D eigenvalue weighted by Crippen LogP contribution is -2.10. The van der Waals surface area contributed by atoms with Crippen LogP contribution in [0.2, 0.25) is 0 Å². The van der Waals surface area contributed by atoms with Gasteiger partial charge in [0.25, 0.3) is 0 Å². The summed E-state index contributed by atoms with van der Waals surface area (Å²) in [5.74, 6) is -3.95. The number of ether oxygens (including phenoxy) is 3. The SMILES string of the molecule is CC.CC.COC(=O)c1c(F)c(OC)cc(OC)c1F. The molecular weight excluding hydrogens is 270 g/mol. The summed E-state index contributed by atoms with van der Waals surface area (Å²) in [6.45, 7) is 8.00. The zero-order valence-electron chi connectivity index (χ0n) is 13.0. The van der Waals surface area contributed by atoms with Crippen LogP contribution < -0.4 is 9.47 Å². The van der Waals surface area contributed by atoms with Gasteiger partial charge in [0, 0.05) is 6.07 Å². The van der Waals surface area contributed by atoms with Crippen molar-refractivity contribution >= 4 is 5.97 Å². The second-order valence-electron chi connectivity index (χ2n) is 2.78. The van der Waals surface area contributed by atoms with Crippen LogP contribution in [0.25, 0.3) is 0 Å². The van der Waals surface area contributed by atoms with Crippen LogP contribution in [0.15, 0.2) is 6.07 Å². The predicted molar refractivity (Wildman–Crippen MR) is 73.5 cm³/mol. The van der Waals surface area contributed by atoms with Gasteiger partial charge in [-0.3, -0.25) is 0 Å². The van der Waals surface area contributed by atoms with Crippen molar-refractivity contribution in [1.82, 2.24) is 0 Å². The first-order valence-corrected chi connectivity index (χ1v) is 6.25. The van der Waals surface area contributed by atoms with E-state index in [1.54, 1.807) is 0 Å². The van der Waals surface area contributed by atoms with Gasteiger partial charge < -0.3 is 14.2 Å². The Hall–Kier alpha value is -1.85. The summed E-state index contributed by atoms with van der Waals surface area (Å²) in [7, 11) is 3.40. The summed E-state index contributed by atoms with van der Waals surface area (Å²) in [5, 5.41) is 0. The molecule has 1 aromatic carbocycles. The van der Waals surface area contributed by atoms with Crippen molar-refractivity contribution in [3.8, 4) is 11.5 Å². The number of hydrogen-bond acceptors (Lipinski definition) is 4. The van der Waals surface area contributed by atoms with Gasteiger partial charge in [-0.2, -0.15) is 0 Å². The first-order chi connectivity index (χ1) is 9.56. The van der Waals surface area contributed by atoms with Crippen molar-refractivity contribution in [2.24, 2.45) is 0 Å². The Morgan fingerprint density at radius 2 is 1.25 bits per heavy atom. The van der Waals surface area contributed by atoms with E-state index in [4.69, 9.17) is 0 Å². The molecule has 0 fully saturated rings. The first kappa shape index (κ1) is 20.5.